The third kappa shape index (κ3) is 2.89. The lowest BCUT2D eigenvalue weighted by atomic mass is 10.0. The van der Waals surface area contributed by atoms with Crippen molar-refractivity contribution in [2.75, 3.05) is 18.0 Å². The second kappa shape index (κ2) is 5.32. The summed E-state index contributed by atoms with van der Waals surface area (Å²) in [6.07, 6.45) is -3.30. The highest BCUT2D eigenvalue weighted by Crippen LogP contribution is 2.38. The van der Waals surface area contributed by atoms with Crippen LogP contribution in [0.4, 0.5) is 18.9 Å². The topological polar surface area (TPSA) is 29.3 Å². The summed E-state index contributed by atoms with van der Waals surface area (Å²) < 4.78 is 38.3. The number of hydrogen-bond acceptors (Lipinski definition) is 2. The molecule has 0 saturated carbocycles. The van der Waals surface area contributed by atoms with E-state index in [1.165, 1.54) is 6.07 Å². The second-order valence-electron chi connectivity index (χ2n) is 4.93. The molecule has 2 unspecified atom stereocenters. The van der Waals surface area contributed by atoms with Crippen molar-refractivity contribution < 1.29 is 13.2 Å². The number of hydrogen-bond donors (Lipinski definition) is 1. The summed E-state index contributed by atoms with van der Waals surface area (Å²) in [7, 11) is 0. The normalized spacial score (nSPS) is 24.0. The van der Waals surface area contributed by atoms with Crippen LogP contribution in [0.25, 0.3) is 0 Å². The van der Waals surface area contributed by atoms with Gasteiger partial charge in [0.2, 0.25) is 0 Å². The Bertz CT molecular complexity index is 462. The number of anilines is 1. The second-order valence-corrected chi connectivity index (χ2v) is 5.78. The first-order valence-corrected chi connectivity index (χ1v) is 6.97. The van der Waals surface area contributed by atoms with Crippen LogP contribution in [0, 0.1) is 5.92 Å². The molecule has 1 saturated heterocycles. The van der Waals surface area contributed by atoms with Crippen molar-refractivity contribution in [3.8, 4) is 0 Å². The summed E-state index contributed by atoms with van der Waals surface area (Å²) in [6, 6.07) is 3.96. The van der Waals surface area contributed by atoms with Crippen LogP contribution in [0.5, 0.6) is 0 Å². The fourth-order valence-corrected chi connectivity index (χ4v) is 3.19. The molecular weight excluding hydrogens is 321 g/mol. The standard InChI is InChI=1S/C13H16BrF3N2/c1-8-4-5-19(12(8)7-18)11-3-2-9(6-10(11)14)13(15,16)17/h2-3,6,8,12H,4-5,7,18H2,1H3. The fourth-order valence-electron chi connectivity index (χ4n) is 2.58. The van der Waals surface area contributed by atoms with E-state index in [-0.39, 0.29) is 6.04 Å². The first kappa shape index (κ1) is 14.7. The molecule has 2 rings (SSSR count). The van der Waals surface area contributed by atoms with E-state index in [9.17, 15) is 13.2 Å². The molecular formula is C13H16BrF3N2. The molecule has 0 spiro atoms. The van der Waals surface area contributed by atoms with Crippen molar-refractivity contribution in [2.45, 2.75) is 25.6 Å². The highest BCUT2D eigenvalue weighted by molar-refractivity contribution is 9.10. The van der Waals surface area contributed by atoms with Gasteiger partial charge in [0.25, 0.3) is 0 Å². The largest absolute Gasteiger partial charge is 0.416 e. The van der Waals surface area contributed by atoms with Crippen molar-refractivity contribution in [1.29, 1.82) is 0 Å². The van der Waals surface area contributed by atoms with Crippen LogP contribution in [-0.2, 0) is 6.18 Å². The monoisotopic (exact) mass is 336 g/mol. The molecule has 2 atom stereocenters. The van der Waals surface area contributed by atoms with E-state index in [1.807, 2.05) is 0 Å². The van der Waals surface area contributed by atoms with Crippen LogP contribution in [0.2, 0.25) is 0 Å². The minimum Gasteiger partial charge on any atom is -0.366 e. The predicted molar refractivity (Wildman–Crippen MR) is 73.1 cm³/mol. The Morgan fingerprint density at radius 2 is 2.11 bits per heavy atom. The van der Waals surface area contributed by atoms with Gasteiger partial charge in [0.15, 0.2) is 0 Å². The molecule has 2 N–H and O–H groups in total. The summed E-state index contributed by atoms with van der Waals surface area (Å²) in [5.74, 6) is 0.458. The average molecular weight is 337 g/mol. The van der Waals surface area contributed by atoms with Crippen LogP contribution in [0.1, 0.15) is 18.9 Å². The van der Waals surface area contributed by atoms with Gasteiger partial charge in [-0.2, -0.15) is 13.2 Å². The van der Waals surface area contributed by atoms with Gasteiger partial charge in [0.05, 0.1) is 11.3 Å². The zero-order valence-electron chi connectivity index (χ0n) is 10.5. The molecule has 1 aliphatic rings. The first-order chi connectivity index (χ1) is 8.84. The number of nitrogens with two attached hydrogens (primary N) is 1. The molecule has 1 fully saturated rings. The maximum absolute atomic E-state index is 12.6. The average Bonchev–Trinajstić information content (AvgIpc) is 2.69. The molecule has 0 aromatic heterocycles. The third-order valence-corrected chi connectivity index (χ3v) is 4.34. The summed E-state index contributed by atoms with van der Waals surface area (Å²) in [4.78, 5) is 2.09. The Morgan fingerprint density at radius 3 is 2.63 bits per heavy atom. The number of alkyl halides is 3. The molecule has 1 aromatic carbocycles. The molecule has 19 heavy (non-hydrogen) atoms. The van der Waals surface area contributed by atoms with Gasteiger partial charge < -0.3 is 10.6 Å². The van der Waals surface area contributed by atoms with Gasteiger partial charge in [0.1, 0.15) is 0 Å². The lowest BCUT2D eigenvalue weighted by Crippen LogP contribution is -2.38. The molecule has 1 heterocycles. The summed E-state index contributed by atoms with van der Waals surface area (Å²) in [5, 5.41) is 0. The summed E-state index contributed by atoms with van der Waals surface area (Å²) in [6.45, 7) is 3.46. The van der Waals surface area contributed by atoms with Gasteiger partial charge in [-0.25, -0.2) is 0 Å². The van der Waals surface area contributed by atoms with E-state index < -0.39 is 11.7 Å². The molecule has 1 aliphatic heterocycles. The van der Waals surface area contributed by atoms with Gasteiger partial charge >= 0.3 is 6.18 Å². The molecule has 6 heteroatoms. The molecule has 0 amide bonds. The SMILES string of the molecule is CC1CCN(c2ccc(C(F)(F)F)cc2Br)C1CN. The molecule has 0 aliphatic carbocycles. The Labute approximate surface area is 118 Å². The van der Waals surface area contributed by atoms with Gasteiger partial charge in [0, 0.05) is 23.6 Å². The maximum atomic E-state index is 12.6. The first-order valence-electron chi connectivity index (χ1n) is 6.18. The number of halogens is 4. The van der Waals surface area contributed by atoms with Crippen molar-refractivity contribution in [3.05, 3.63) is 28.2 Å². The van der Waals surface area contributed by atoms with Crippen LogP contribution in [0.15, 0.2) is 22.7 Å². The number of nitrogens with zero attached hydrogens (tertiary/aromatic N) is 1. The Kier molecular flexibility index (Phi) is 4.11. The van der Waals surface area contributed by atoms with Gasteiger partial charge in [-0.3, -0.25) is 0 Å². The lowest BCUT2D eigenvalue weighted by Gasteiger charge is -2.29. The van der Waals surface area contributed by atoms with Gasteiger partial charge in [-0.1, -0.05) is 6.92 Å². The zero-order chi connectivity index (χ0) is 14.2. The minimum absolute atomic E-state index is 0.188. The molecule has 106 valence electrons. The van der Waals surface area contributed by atoms with Crippen molar-refractivity contribution in [3.63, 3.8) is 0 Å². The molecule has 0 radical (unpaired) electrons. The van der Waals surface area contributed by atoms with E-state index in [0.717, 1.165) is 30.8 Å². The highest BCUT2D eigenvalue weighted by Gasteiger charge is 2.34. The van der Waals surface area contributed by atoms with Crippen molar-refractivity contribution >= 4 is 21.6 Å². The molecule has 0 bridgehead atoms. The van der Waals surface area contributed by atoms with Gasteiger partial charge in [-0.05, 0) is 46.5 Å². The van der Waals surface area contributed by atoms with Gasteiger partial charge in [-0.15, -0.1) is 0 Å². The maximum Gasteiger partial charge on any atom is 0.416 e. The predicted octanol–water partition coefficient (Wildman–Crippen LogP) is 3.64. The fraction of sp³-hybridized carbons (Fsp3) is 0.538. The third-order valence-electron chi connectivity index (χ3n) is 3.71. The summed E-state index contributed by atoms with van der Waals surface area (Å²) in [5.41, 5.74) is 5.91. The lowest BCUT2D eigenvalue weighted by molar-refractivity contribution is -0.137. The Balaban J connectivity index is 2.32. The molecule has 2 nitrogen and oxygen atoms in total. The van der Waals surface area contributed by atoms with E-state index >= 15 is 0 Å². The number of benzene rings is 1. The van der Waals surface area contributed by atoms with Crippen molar-refractivity contribution in [2.24, 2.45) is 11.7 Å². The van der Waals surface area contributed by atoms with E-state index in [1.54, 1.807) is 0 Å². The van der Waals surface area contributed by atoms with E-state index in [2.05, 4.69) is 27.8 Å². The zero-order valence-corrected chi connectivity index (χ0v) is 12.1. The quantitative estimate of drug-likeness (QED) is 0.893. The van der Waals surface area contributed by atoms with Crippen LogP contribution >= 0.6 is 15.9 Å². The minimum atomic E-state index is -4.31. The smallest absolute Gasteiger partial charge is 0.366 e. The van der Waals surface area contributed by atoms with Crippen LogP contribution in [0.3, 0.4) is 0 Å². The van der Waals surface area contributed by atoms with Crippen LogP contribution < -0.4 is 10.6 Å². The van der Waals surface area contributed by atoms with E-state index in [4.69, 9.17) is 5.73 Å². The van der Waals surface area contributed by atoms with Crippen LogP contribution in [-0.4, -0.2) is 19.1 Å². The van der Waals surface area contributed by atoms with E-state index in [0.29, 0.717) is 16.9 Å². The Morgan fingerprint density at radius 1 is 1.42 bits per heavy atom. The summed E-state index contributed by atoms with van der Waals surface area (Å²) >= 11 is 3.24. The van der Waals surface area contributed by atoms with Crippen molar-refractivity contribution in [1.82, 2.24) is 0 Å². The molecule has 1 aromatic rings. The highest BCUT2D eigenvalue weighted by atomic mass is 79.9. The Hall–Kier alpha value is -0.750. The number of rotatable bonds is 2.